The lowest BCUT2D eigenvalue weighted by atomic mass is 10.1. The molecule has 4 nitrogen and oxygen atoms in total. The van der Waals surface area contributed by atoms with Crippen molar-refractivity contribution in [3.63, 3.8) is 0 Å². The van der Waals surface area contributed by atoms with Crippen LogP contribution in [0, 0.1) is 0 Å². The predicted molar refractivity (Wildman–Crippen MR) is 76.8 cm³/mol. The highest BCUT2D eigenvalue weighted by Gasteiger charge is 2.09. The standard InChI is InChI=1S/C11H20N4S2/c1-11(2,3)15-9(12)13-5-4-7-16-10-14-6-8-17-10/h6,8H,4-5,7H2,1-3H3,(H3,12,13,15). The quantitative estimate of drug-likeness (QED) is 0.374. The second-order valence-corrected chi connectivity index (χ2v) is 6.88. The number of aromatic nitrogens is 1. The van der Waals surface area contributed by atoms with Crippen LogP contribution in [0.5, 0.6) is 0 Å². The van der Waals surface area contributed by atoms with E-state index in [1.54, 1.807) is 23.1 Å². The molecule has 0 unspecified atom stereocenters. The number of aliphatic imine (C=N–C) groups is 1. The molecule has 0 spiro atoms. The van der Waals surface area contributed by atoms with Gasteiger partial charge in [-0.2, -0.15) is 0 Å². The highest BCUT2D eigenvalue weighted by atomic mass is 32.2. The topological polar surface area (TPSA) is 63.3 Å². The number of nitrogens with one attached hydrogen (secondary N) is 1. The summed E-state index contributed by atoms with van der Waals surface area (Å²) in [7, 11) is 0. The smallest absolute Gasteiger partial charge is 0.188 e. The minimum atomic E-state index is -0.0246. The molecule has 1 rings (SSSR count). The third-order valence-electron chi connectivity index (χ3n) is 1.72. The molecule has 0 aromatic carbocycles. The predicted octanol–water partition coefficient (Wildman–Crippen LogP) is 2.33. The van der Waals surface area contributed by atoms with Crippen LogP contribution in [0.2, 0.25) is 0 Å². The molecule has 0 aliphatic rings. The van der Waals surface area contributed by atoms with E-state index in [-0.39, 0.29) is 5.54 Å². The molecule has 0 amide bonds. The summed E-state index contributed by atoms with van der Waals surface area (Å²) in [4.78, 5) is 8.49. The summed E-state index contributed by atoms with van der Waals surface area (Å²) in [5.41, 5.74) is 5.73. The van der Waals surface area contributed by atoms with Crippen molar-refractivity contribution in [3.05, 3.63) is 11.6 Å². The zero-order valence-corrected chi connectivity index (χ0v) is 12.2. The number of nitrogens with zero attached hydrogens (tertiary/aromatic N) is 2. The highest BCUT2D eigenvalue weighted by Crippen LogP contribution is 2.20. The van der Waals surface area contributed by atoms with Gasteiger partial charge < -0.3 is 11.1 Å². The molecule has 0 atom stereocenters. The Morgan fingerprint density at radius 1 is 1.59 bits per heavy atom. The van der Waals surface area contributed by atoms with Crippen molar-refractivity contribution in [1.82, 2.24) is 10.3 Å². The summed E-state index contributed by atoms with van der Waals surface area (Å²) in [6.07, 6.45) is 2.84. The summed E-state index contributed by atoms with van der Waals surface area (Å²) in [6, 6.07) is 0. The Morgan fingerprint density at radius 2 is 2.35 bits per heavy atom. The van der Waals surface area contributed by atoms with Gasteiger partial charge in [0.15, 0.2) is 5.96 Å². The van der Waals surface area contributed by atoms with Crippen LogP contribution in [-0.4, -0.2) is 28.8 Å². The fourth-order valence-corrected chi connectivity index (χ4v) is 2.76. The molecule has 17 heavy (non-hydrogen) atoms. The normalized spacial score (nSPS) is 12.8. The van der Waals surface area contributed by atoms with Gasteiger partial charge in [-0.1, -0.05) is 11.8 Å². The average Bonchev–Trinajstić information content (AvgIpc) is 2.67. The Hall–Kier alpha value is -0.750. The lowest BCUT2D eigenvalue weighted by molar-refractivity contribution is 0.508. The van der Waals surface area contributed by atoms with Crippen molar-refractivity contribution >= 4 is 29.1 Å². The summed E-state index contributed by atoms with van der Waals surface area (Å²) >= 11 is 3.44. The zero-order chi connectivity index (χ0) is 12.7. The van der Waals surface area contributed by atoms with Gasteiger partial charge in [0.25, 0.3) is 0 Å². The van der Waals surface area contributed by atoms with E-state index in [0.29, 0.717) is 5.96 Å². The van der Waals surface area contributed by atoms with E-state index in [2.05, 4.69) is 36.1 Å². The Kier molecular flexibility index (Phi) is 5.77. The molecule has 0 fully saturated rings. The number of thioether (sulfide) groups is 1. The van der Waals surface area contributed by atoms with Crippen LogP contribution in [0.3, 0.4) is 0 Å². The molecule has 0 aliphatic heterocycles. The number of hydrogen-bond donors (Lipinski definition) is 2. The number of rotatable bonds is 5. The Labute approximate surface area is 111 Å². The van der Waals surface area contributed by atoms with Gasteiger partial charge in [-0.15, -0.1) is 11.3 Å². The fourth-order valence-electron chi connectivity index (χ4n) is 1.13. The summed E-state index contributed by atoms with van der Waals surface area (Å²) < 4.78 is 1.12. The van der Waals surface area contributed by atoms with Gasteiger partial charge in [0.1, 0.15) is 4.34 Å². The molecule has 96 valence electrons. The van der Waals surface area contributed by atoms with Gasteiger partial charge in [-0.25, -0.2) is 4.98 Å². The van der Waals surface area contributed by atoms with E-state index >= 15 is 0 Å². The monoisotopic (exact) mass is 272 g/mol. The van der Waals surface area contributed by atoms with Gasteiger partial charge >= 0.3 is 0 Å². The highest BCUT2D eigenvalue weighted by molar-refractivity contribution is 8.00. The van der Waals surface area contributed by atoms with Gasteiger partial charge in [-0.3, -0.25) is 4.99 Å². The van der Waals surface area contributed by atoms with Gasteiger partial charge in [0.05, 0.1) is 0 Å². The number of nitrogens with two attached hydrogens (primary N) is 1. The van der Waals surface area contributed by atoms with Crippen molar-refractivity contribution < 1.29 is 0 Å². The molecule has 1 heterocycles. The molecule has 0 radical (unpaired) electrons. The minimum absolute atomic E-state index is 0.0246. The SMILES string of the molecule is CC(C)(C)NC(N)=NCCCSc1nccs1. The van der Waals surface area contributed by atoms with Crippen molar-refractivity contribution in [1.29, 1.82) is 0 Å². The second-order valence-electron chi connectivity index (χ2n) is 4.64. The molecule has 0 saturated carbocycles. The maximum absolute atomic E-state index is 5.76. The van der Waals surface area contributed by atoms with Crippen LogP contribution in [0.15, 0.2) is 20.9 Å². The van der Waals surface area contributed by atoms with Crippen LogP contribution < -0.4 is 11.1 Å². The van der Waals surface area contributed by atoms with Crippen LogP contribution in [0.4, 0.5) is 0 Å². The number of hydrogen-bond acceptors (Lipinski definition) is 4. The van der Waals surface area contributed by atoms with Crippen molar-refractivity contribution in [2.75, 3.05) is 12.3 Å². The zero-order valence-electron chi connectivity index (χ0n) is 10.6. The van der Waals surface area contributed by atoms with E-state index in [4.69, 9.17) is 5.73 Å². The van der Waals surface area contributed by atoms with Gasteiger partial charge in [0.2, 0.25) is 0 Å². The van der Waals surface area contributed by atoms with Gasteiger partial charge in [-0.05, 0) is 27.2 Å². The first-order valence-corrected chi connectivity index (χ1v) is 7.44. The average molecular weight is 272 g/mol. The first-order chi connectivity index (χ1) is 7.97. The molecular formula is C11H20N4S2. The maximum Gasteiger partial charge on any atom is 0.188 e. The Bertz CT molecular complexity index is 341. The molecular weight excluding hydrogens is 252 g/mol. The van der Waals surface area contributed by atoms with Crippen LogP contribution in [-0.2, 0) is 0 Å². The first-order valence-electron chi connectivity index (χ1n) is 5.58. The summed E-state index contributed by atoms with van der Waals surface area (Å²) in [5.74, 6) is 1.55. The third-order valence-corrected chi connectivity index (χ3v) is 3.78. The van der Waals surface area contributed by atoms with E-state index in [1.807, 2.05) is 11.6 Å². The second kappa shape index (κ2) is 6.86. The minimum Gasteiger partial charge on any atom is -0.370 e. The molecule has 6 heteroatoms. The molecule has 1 aromatic heterocycles. The van der Waals surface area contributed by atoms with E-state index in [0.717, 1.165) is 23.1 Å². The molecule has 0 saturated heterocycles. The van der Waals surface area contributed by atoms with Crippen molar-refractivity contribution in [3.8, 4) is 0 Å². The third kappa shape index (κ3) is 7.23. The molecule has 0 aliphatic carbocycles. The van der Waals surface area contributed by atoms with E-state index in [9.17, 15) is 0 Å². The fraction of sp³-hybridized carbons (Fsp3) is 0.636. The van der Waals surface area contributed by atoms with Crippen LogP contribution >= 0.6 is 23.1 Å². The number of guanidine groups is 1. The molecule has 0 bridgehead atoms. The maximum atomic E-state index is 5.76. The number of thiazole rings is 1. The lowest BCUT2D eigenvalue weighted by Crippen LogP contribution is -2.45. The Balaban J connectivity index is 2.12. The molecule has 1 aromatic rings. The Morgan fingerprint density at radius 3 is 2.94 bits per heavy atom. The summed E-state index contributed by atoms with van der Waals surface area (Å²) in [6.45, 7) is 6.95. The van der Waals surface area contributed by atoms with E-state index in [1.165, 1.54) is 0 Å². The molecule has 3 N–H and O–H groups in total. The first kappa shape index (κ1) is 14.3. The van der Waals surface area contributed by atoms with Crippen LogP contribution in [0.25, 0.3) is 0 Å². The largest absolute Gasteiger partial charge is 0.370 e. The van der Waals surface area contributed by atoms with Gasteiger partial charge in [0, 0.05) is 29.4 Å². The summed E-state index contributed by atoms with van der Waals surface area (Å²) in [5, 5.41) is 5.13. The van der Waals surface area contributed by atoms with E-state index < -0.39 is 0 Å². The lowest BCUT2D eigenvalue weighted by Gasteiger charge is -2.20. The van der Waals surface area contributed by atoms with Crippen LogP contribution in [0.1, 0.15) is 27.2 Å². The van der Waals surface area contributed by atoms with Crippen molar-refractivity contribution in [2.24, 2.45) is 10.7 Å². The van der Waals surface area contributed by atoms with Crippen molar-refractivity contribution in [2.45, 2.75) is 37.1 Å².